The zero-order chi connectivity index (χ0) is 15.4. The van der Waals surface area contributed by atoms with Crippen molar-refractivity contribution in [1.29, 1.82) is 0 Å². The normalized spacial score (nSPS) is 41.3. The number of rotatable bonds is 4. The molecule has 6 fully saturated rings. The third kappa shape index (κ3) is 3.11. The molecule has 0 aromatic heterocycles. The topological polar surface area (TPSA) is 32.3 Å². The van der Waals surface area contributed by atoms with E-state index in [2.05, 4.69) is 10.2 Å². The van der Waals surface area contributed by atoms with E-state index in [-0.39, 0.29) is 17.8 Å². The lowest BCUT2D eigenvalue weighted by atomic mass is 9.49. The van der Waals surface area contributed by atoms with E-state index in [1.54, 1.807) is 0 Å². The van der Waals surface area contributed by atoms with Crippen molar-refractivity contribution < 1.29 is 4.79 Å². The van der Waals surface area contributed by atoms with Gasteiger partial charge >= 0.3 is 0 Å². The second-order valence-corrected chi connectivity index (χ2v) is 9.62. The number of halogens is 1. The Labute approximate surface area is 152 Å². The summed E-state index contributed by atoms with van der Waals surface area (Å²) >= 11 is 0. The van der Waals surface area contributed by atoms with Crippen LogP contribution < -0.4 is 5.32 Å². The van der Waals surface area contributed by atoms with E-state index in [1.807, 2.05) is 0 Å². The van der Waals surface area contributed by atoms with Gasteiger partial charge in [0.05, 0.1) is 5.41 Å². The first-order valence-corrected chi connectivity index (χ1v) is 10.2. The Morgan fingerprint density at radius 1 is 0.917 bits per heavy atom. The maximum atomic E-state index is 13.3. The van der Waals surface area contributed by atoms with Crippen molar-refractivity contribution in [2.75, 3.05) is 19.6 Å². The average Bonchev–Trinajstić information content (AvgIpc) is 3.36. The Balaban J connectivity index is 0.00000146. The van der Waals surface area contributed by atoms with Crippen LogP contribution in [0, 0.1) is 29.1 Å². The lowest BCUT2D eigenvalue weighted by Crippen LogP contribution is -2.56. The molecule has 6 rings (SSSR count). The van der Waals surface area contributed by atoms with Gasteiger partial charge in [0.2, 0.25) is 5.91 Å². The van der Waals surface area contributed by atoms with Crippen LogP contribution >= 0.6 is 12.4 Å². The monoisotopic (exact) mass is 352 g/mol. The lowest BCUT2D eigenvalue weighted by molar-refractivity contribution is -0.158. The summed E-state index contributed by atoms with van der Waals surface area (Å²) in [7, 11) is 0. The number of likely N-dealkylation sites (tertiary alicyclic amines) is 1. The highest BCUT2D eigenvalue weighted by atomic mass is 35.5. The summed E-state index contributed by atoms with van der Waals surface area (Å²) < 4.78 is 0. The molecular weight excluding hydrogens is 320 g/mol. The molecule has 5 saturated carbocycles. The molecule has 4 heteroatoms. The second-order valence-electron chi connectivity index (χ2n) is 9.62. The predicted molar refractivity (Wildman–Crippen MR) is 98.2 cm³/mol. The van der Waals surface area contributed by atoms with Crippen LogP contribution in [0.4, 0.5) is 0 Å². The lowest BCUT2D eigenvalue weighted by Gasteiger charge is -2.57. The fourth-order valence-corrected chi connectivity index (χ4v) is 6.65. The van der Waals surface area contributed by atoms with Gasteiger partial charge in [-0.1, -0.05) is 0 Å². The number of hydrogen-bond acceptors (Lipinski definition) is 2. The van der Waals surface area contributed by atoms with Gasteiger partial charge in [-0.3, -0.25) is 4.79 Å². The fourth-order valence-electron chi connectivity index (χ4n) is 6.65. The summed E-state index contributed by atoms with van der Waals surface area (Å²) in [5.74, 6) is 4.15. The fraction of sp³-hybridized carbons (Fsp3) is 0.950. The molecule has 1 amide bonds. The molecule has 1 saturated heterocycles. The third-order valence-electron chi connectivity index (χ3n) is 7.67. The molecule has 0 unspecified atom stereocenters. The van der Waals surface area contributed by atoms with Gasteiger partial charge in [-0.05, 0) is 94.4 Å². The van der Waals surface area contributed by atoms with Gasteiger partial charge in [0, 0.05) is 19.1 Å². The van der Waals surface area contributed by atoms with Crippen LogP contribution in [-0.4, -0.2) is 36.5 Å². The van der Waals surface area contributed by atoms with E-state index in [1.165, 1.54) is 70.8 Å². The van der Waals surface area contributed by atoms with Gasteiger partial charge in [-0.15, -0.1) is 12.4 Å². The molecular formula is C20H33ClN2O. The molecule has 0 radical (unpaired) electrons. The summed E-state index contributed by atoms with van der Waals surface area (Å²) in [6.45, 7) is 3.22. The van der Waals surface area contributed by atoms with E-state index in [4.69, 9.17) is 0 Å². The van der Waals surface area contributed by atoms with Crippen LogP contribution in [0.3, 0.4) is 0 Å². The van der Waals surface area contributed by atoms with Gasteiger partial charge in [0.1, 0.15) is 0 Å². The minimum atomic E-state index is 0. The zero-order valence-electron chi connectivity index (χ0n) is 14.8. The van der Waals surface area contributed by atoms with Crippen LogP contribution in [0.1, 0.15) is 64.2 Å². The quantitative estimate of drug-likeness (QED) is 0.838. The molecule has 1 aliphatic heterocycles. The molecule has 1 heterocycles. The number of hydrogen-bond donors (Lipinski definition) is 1. The van der Waals surface area contributed by atoms with Crippen molar-refractivity contribution in [2.24, 2.45) is 29.1 Å². The average molecular weight is 353 g/mol. The Kier molecular flexibility index (Phi) is 4.62. The SMILES string of the molecule is Cl.O=C(N1CCC(NCC2CC2)CC1)C12CC3CC(CC(C3)C1)C2. The van der Waals surface area contributed by atoms with E-state index in [0.29, 0.717) is 11.9 Å². The minimum Gasteiger partial charge on any atom is -0.342 e. The molecule has 3 nitrogen and oxygen atoms in total. The van der Waals surface area contributed by atoms with E-state index in [9.17, 15) is 4.79 Å². The standard InChI is InChI=1S/C20H32N2O.ClH/c23-19(20-10-15-7-16(11-20)9-17(8-15)12-20)22-5-3-18(4-6-22)21-13-14-1-2-14;/h14-18,21H,1-13H2;1H. The van der Waals surface area contributed by atoms with Gasteiger partial charge < -0.3 is 10.2 Å². The Morgan fingerprint density at radius 2 is 1.46 bits per heavy atom. The molecule has 1 N–H and O–H groups in total. The van der Waals surface area contributed by atoms with Crippen LogP contribution in [0.15, 0.2) is 0 Å². The van der Waals surface area contributed by atoms with Crippen LogP contribution in [0.25, 0.3) is 0 Å². The van der Waals surface area contributed by atoms with Crippen molar-refractivity contribution in [3.63, 3.8) is 0 Å². The second kappa shape index (κ2) is 6.46. The number of amides is 1. The van der Waals surface area contributed by atoms with Crippen molar-refractivity contribution in [3.8, 4) is 0 Å². The summed E-state index contributed by atoms with van der Waals surface area (Å²) in [6, 6.07) is 0.663. The molecule has 5 aliphatic carbocycles. The van der Waals surface area contributed by atoms with E-state index in [0.717, 1.165) is 36.8 Å². The first kappa shape index (κ1) is 17.1. The van der Waals surface area contributed by atoms with Crippen LogP contribution in [0.5, 0.6) is 0 Å². The summed E-state index contributed by atoms with van der Waals surface area (Å²) in [4.78, 5) is 15.6. The van der Waals surface area contributed by atoms with E-state index < -0.39 is 0 Å². The molecule has 0 aromatic carbocycles. The first-order valence-electron chi connectivity index (χ1n) is 10.2. The first-order chi connectivity index (χ1) is 11.2. The van der Waals surface area contributed by atoms with Crippen molar-refractivity contribution in [3.05, 3.63) is 0 Å². The van der Waals surface area contributed by atoms with Gasteiger partial charge in [-0.2, -0.15) is 0 Å². The maximum absolute atomic E-state index is 13.3. The Morgan fingerprint density at radius 3 is 1.96 bits per heavy atom. The maximum Gasteiger partial charge on any atom is 0.228 e. The number of carbonyl (C=O) groups is 1. The highest BCUT2D eigenvalue weighted by Crippen LogP contribution is 2.60. The van der Waals surface area contributed by atoms with Crippen molar-refractivity contribution >= 4 is 18.3 Å². The molecule has 6 aliphatic rings. The Bertz CT molecular complexity index is 447. The van der Waals surface area contributed by atoms with Gasteiger partial charge in [0.25, 0.3) is 0 Å². The minimum absolute atomic E-state index is 0. The van der Waals surface area contributed by atoms with Crippen molar-refractivity contribution in [2.45, 2.75) is 70.3 Å². The summed E-state index contributed by atoms with van der Waals surface area (Å²) in [5, 5.41) is 3.74. The number of piperidine rings is 1. The van der Waals surface area contributed by atoms with Crippen LogP contribution in [-0.2, 0) is 4.79 Å². The summed E-state index contributed by atoms with van der Waals surface area (Å²) in [6.07, 6.45) is 13.1. The predicted octanol–water partition coefficient (Wildman–Crippen LogP) is 3.62. The molecule has 0 spiro atoms. The molecule has 0 aromatic rings. The molecule has 136 valence electrons. The largest absolute Gasteiger partial charge is 0.342 e. The number of nitrogens with zero attached hydrogens (tertiary/aromatic N) is 1. The Hall–Kier alpha value is -0.280. The third-order valence-corrected chi connectivity index (χ3v) is 7.67. The zero-order valence-corrected chi connectivity index (χ0v) is 15.7. The number of carbonyl (C=O) groups excluding carboxylic acids is 1. The van der Waals surface area contributed by atoms with Gasteiger partial charge in [-0.25, -0.2) is 0 Å². The van der Waals surface area contributed by atoms with E-state index >= 15 is 0 Å². The summed E-state index contributed by atoms with van der Waals surface area (Å²) in [5.41, 5.74) is 0.0724. The molecule has 0 atom stereocenters. The number of nitrogens with one attached hydrogen (secondary N) is 1. The van der Waals surface area contributed by atoms with Crippen molar-refractivity contribution in [1.82, 2.24) is 10.2 Å². The highest BCUT2D eigenvalue weighted by Gasteiger charge is 2.55. The smallest absolute Gasteiger partial charge is 0.228 e. The highest BCUT2D eigenvalue weighted by molar-refractivity contribution is 5.85. The molecule has 4 bridgehead atoms. The van der Waals surface area contributed by atoms with Gasteiger partial charge in [0.15, 0.2) is 0 Å². The molecule has 24 heavy (non-hydrogen) atoms. The van der Waals surface area contributed by atoms with Crippen LogP contribution in [0.2, 0.25) is 0 Å².